The van der Waals surface area contributed by atoms with E-state index in [2.05, 4.69) is 0 Å². The molecule has 3 rings (SSSR count). The van der Waals surface area contributed by atoms with Crippen molar-refractivity contribution in [1.29, 1.82) is 0 Å². The molecule has 5 heteroatoms. The van der Waals surface area contributed by atoms with Crippen LogP contribution in [0.25, 0.3) is 0 Å². The molecule has 1 saturated carbocycles. The summed E-state index contributed by atoms with van der Waals surface area (Å²) >= 11 is 0. The minimum absolute atomic E-state index is 0.101. The van der Waals surface area contributed by atoms with Crippen LogP contribution in [0.15, 0.2) is 12.1 Å². The second-order valence-corrected chi connectivity index (χ2v) is 5.45. The van der Waals surface area contributed by atoms with Crippen molar-refractivity contribution < 1.29 is 23.4 Å². The predicted molar refractivity (Wildman–Crippen MR) is 64.9 cm³/mol. The molecule has 0 bridgehead atoms. The van der Waals surface area contributed by atoms with Gasteiger partial charge in [0.1, 0.15) is 13.2 Å². The number of aliphatic hydroxyl groups is 1. The van der Waals surface area contributed by atoms with Crippen molar-refractivity contribution in [1.82, 2.24) is 0 Å². The van der Waals surface area contributed by atoms with E-state index in [4.69, 9.17) is 9.47 Å². The van der Waals surface area contributed by atoms with Gasteiger partial charge in [0.25, 0.3) is 5.92 Å². The van der Waals surface area contributed by atoms with Crippen molar-refractivity contribution >= 4 is 0 Å². The fourth-order valence-electron chi connectivity index (χ4n) is 2.29. The van der Waals surface area contributed by atoms with E-state index >= 15 is 0 Å². The first kappa shape index (κ1) is 12.7. The summed E-state index contributed by atoms with van der Waals surface area (Å²) < 4.78 is 37.9. The monoisotopic (exact) mass is 270 g/mol. The Morgan fingerprint density at radius 3 is 2.58 bits per heavy atom. The van der Waals surface area contributed by atoms with Gasteiger partial charge < -0.3 is 14.6 Å². The minimum atomic E-state index is -2.93. The van der Waals surface area contributed by atoms with Gasteiger partial charge >= 0.3 is 0 Å². The number of hydrogen-bond acceptors (Lipinski definition) is 3. The van der Waals surface area contributed by atoms with Crippen LogP contribution >= 0.6 is 0 Å². The third kappa shape index (κ3) is 2.52. The molecule has 1 fully saturated rings. The van der Waals surface area contributed by atoms with Crippen molar-refractivity contribution in [3.8, 4) is 11.5 Å². The third-order valence-electron chi connectivity index (χ3n) is 3.57. The Hall–Kier alpha value is -1.36. The van der Waals surface area contributed by atoms with Crippen LogP contribution < -0.4 is 9.47 Å². The molecule has 0 aromatic heterocycles. The summed E-state index contributed by atoms with van der Waals surface area (Å²) in [7, 11) is 0. The molecular formula is C14H16F2O3. The number of ether oxygens (including phenoxy) is 2. The lowest BCUT2D eigenvalue weighted by Crippen LogP contribution is -2.20. The van der Waals surface area contributed by atoms with Crippen LogP contribution in [0.5, 0.6) is 11.5 Å². The van der Waals surface area contributed by atoms with Gasteiger partial charge in [0, 0.05) is 24.5 Å². The van der Waals surface area contributed by atoms with E-state index < -0.39 is 11.5 Å². The van der Waals surface area contributed by atoms with Gasteiger partial charge in [-0.15, -0.1) is 0 Å². The van der Waals surface area contributed by atoms with E-state index in [9.17, 15) is 13.9 Å². The molecule has 1 aromatic rings. The van der Waals surface area contributed by atoms with E-state index in [1.807, 2.05) is 0 Å². The molecule has 0 amide bonds. The van der Waals surface area contributed by atoms with Crippen LogP contribution in [-0.2, 0) is 12.3 Å². The molecule has 1 aliphatic carbocycles. The minimum Gasteiger partial charge on any atom is -0.486 e. The van der Waals surface area contributed by atoms with Crippen LogP contribution in [0, 0.1) is 0 Å². The molecule has 0 atom stereocenters. The fraction of sp³-hybridized carbons (Fsp3) is 0.571. The smallest absolute Gasteiger partial charge is 0.270 e. The quantitative estimate of drug-likeness (QED) is 0.917. The predicted octanol–water partition coefficient (Wildman–Crippen LogP) is 2.64. The molecule has 104 valence electrons. The largest absolute Gasteiger partial charge is 0.486 e. The second kappa shape index (κ2) is 4.07. The normalized spacial score (nSPS) is 20.2. The lowest BCUT2D eigenvalue weighted by atomic mass is 9.99. The zero-order valence-corrected chi connectivity index (χ0v) is 10.7. The number of fused-ring (bicyclic) bond motifs is 1. The molecule has 19 heavy (non-hydrogen) atoms. The summed E-state index contributed by atoms with van der Waals surface area (Å²) in [5.41, 5.74) is -0.249. The molecule has 1 aliphatic heterocycles. The zero-order chi connectivity index (χ0) is 13.7. The van der Waals surface area contributed by atoms with Crippen molar-refractivity contribution in [2.24, 2.45) is 0 Å². The molecule has 0 radical (unpaired) electrons. The van der Waals surface area contributed by atoms with Gasteiger partial charge in [0.05, 0.1) is 5.60 Å². The second-order valence-electron chi connectivity index (χ2n) is 5.45. The highest BCUT2D eigenvalue weighted by atomic mass is 19.3. The number of benzene rings is 1. The van der Waals surface area contributed by atoms with Gasteiger partial charge in [-0.3, -0.25) is 0 Å². The van der Waals surface area contributed by atoms with E-state index in [-0.39, 0.29) is 5.56 Å². The first-order valence-electron chi connectivity index (χ1n) is 6.41. The van der Waals surface area contributed by atoms with Crippen LogP contribution in [-0.4, -0.2) is 23.9 Å². The Labute approximate surface area is 110 Å². The highest BCUT2D eigenvalue weighted by Crippen LogP contribution is 2.45. The molecular weight excluding hydrogens is 254 g/mol. The van der Waals surface area contributed by atoms with Gasteiger partial charge in [-0.2, -0.15) is 0 Å². The standard InChI is InChI=1S/C14H16F2O3/c1-13(15,16)10-6-9(8-14(17)2-3-14)12-11(7-10)18-4-5-19-12/h6-7,17H,2-5,8H2,1H3. The average Bonchev–Trinajstić information content (AvgIpc) is 3.05. The summed E-state index contributed by atoms with van der Waals surface area (Å²) in [4.78, 5) is 0. The van der Waals surface area contributed by atoms with Crippen LogP contribution in [0.2, 0.25) is 0 Å². The fourth-order valence-corrected chi connectivity index (χ4v) is 2.29. The number of rotatable bonds is 3. The maximum Gasteiger partial charge on any atom is 0.270 e. The van der Waals surface area contributed by atoms with E-state index in [1.165, 1.54) is 12.1 Å². The summed E-state index contributed by atoms with van der Waals surface area (Å²) in [6, 6.07) is 2.75. The summed E-state index contributed by atoms with van der Waals surface area (Å²) in [6.45, 7) is 1.61. The summed E-state index contributed by atoms with van der Waals surface area (Å²) in [5, 5.41) is 9.99. The maximum atomic E-state index is 13.5. The molecule has 3 nitrogen and oxygen atoms in total. The number of halogens is 2. The number of hydrogen-bond donors (Lipinski definition) is 1. The lowest BCUT2D eigenvalue weighted by Gasteiger charge is -2.24. The van der Waals surface area contributed by atoms with Gasteiger partial charge in [-0.25, -0.2) is 8.78 Å². The van der Waals surface area contributed by atoms with Gasteiger partial charge in [0.2, 0.25) is 0 Å². The molecule has 0 spiro atoms. The Morgan fingerprint density at radius 1 is 1.26 bits per heavy atom. The Bertz CT molecular complexity index is 504. The molecule has 2 aliphatic rings. The van der Waals surface area contributed by atoms with Crippen LogP contribution in [0.4, 0.5) is 8.78 Å². The van der Waals surface area contributed by atoms with Crippen molar-refractivity contribution in [3.05, 3.63) is 23.3 Å². The average molecular weight is 270 g/mol. The van der Waals surface area contributed by atoms with Crippen LogP contribution in [0.3, 0.4) is 0 Å². The third-order valence-corrected chi connectivity index (χ3v) is 3.57. The van der Waals surface area contributed by atoms with Gasteiger partial charge in [-0.1, -0.05) is 0 Å². The SMILES string of the molecule is CC(F)(F)c1cc(CC2(O)CC2)c2c(c1)OCCO2. The highest BCUT2D eigenvalue weighted by Gasteiger charge is 2.42. The molecule has 1 heterocycles. The van der Waals surface area contributed by atoms with Crippen LogP contribution in [0.1, 0.15) is 30.9 Å². The lowest BCUT2D eigenvalue weighted by molar-refractivity contribution is 0.0167. The van der Waals surface area contributed by atoms with Gasteiger partial charge in [-0.05, 0) is 25.0 Å². The first-order valence-corrected chi connectivity index (χ1v) is 6.41. The summed E-state index contributed by atoms with van der Waals surface area (Å²) in [5.74, 6) is -2.08. The molecule has 0 saturated heterocycles. The molecule has 1 aromatic carbocycles. The van der Waals surface area contributed by atoms with E-state index in [0.29, 0.717) is 49.5 Å². The zero-order valence-electron chi connectivity index (χ0n) is 10.7. The highest BCUT2D eigenvalue weighted by molar-refractivity contribution is 5.52. The number of alkyl halides is 2. The van der Waals surface area contributed by atoms with Crippen molar-refractivity contribution in [2.75, 3.05) is 13.2 Å². The summed E-state index contributed by atoms with van der Waals surface area (Å²) in [6.07, 6.45) is 1.74. The van der Waals surface area contributed by atoms with Gasteiger partial charge in [0.15, 0.2) is 11.5 Å². The van der Waals surface area contributed by atoms with E-state index in [0.717, 1.165) is 6.92 Å². The Morgan fingerprint density at radius 2 is 1.95 bits per heavy atom. The molecule has 1 N–H and O–H groups in total. The Balaban J connectivity index is 2.03. The topological polar surface area (TPSA) is 38.7 Å². The first-order chi connectivity index (χ1) is 8.87. The Kier molecular flexibility index (Phi) is 2.71. The maximum absolute atomic E-state index is 13.5. The van der Waals surface area contributed by atoms with Crippen molar-refractivity contribution in [3.63, 3.8) is 0 Å². The molecule has 0 unspecified atom stereocenters. The van der Waals surface area contributed by atoms with E-state index in [1.54, 1.807) is 0 Å². The van der Waals surface area contributed by atoms with Crippen molar-refractivity contribution in [2.45, 2.75) is 37.7 Å².